The van der Waals surface area contributed by atoms with Crippen LogP contribution in [-0.4, -0.2) is 44.8 Å². The van der Waals surface area contributed by atoms with Crippen LogP contribution in [0.25, 0.3) is 0 Å². The highest BCUT2D eigenvalue weighted by atomic mass is 35.5. The monoisotopic (exact) mass is 328 g/mol. The van der Waals surface area contributed by atoms with Crippen LogP contribution >= 0.6 is 12.4 Å². The number of ether oxygens (including phenoxy) is 2. The van der Waals surface area contributed by atoms with Crippen LogP contribution in [0.15, 0.2) is 24.3 Å². The van der Waals surface area contributed by atoms with Gasteiger partial charge in [0.05, 0.1) is 25.9 Å². The van der Waals surface area contributed by atoms with Crippen molar-refractivity contribution < 1.29 is 19.1 Å². The molecule has 1 unspecified atom stereocenters. The predicted octanol–water partition coefficient (Wildman–Crippen LogP) is 0.890. The van der Waals surface area contributed by atoms with Crippen LogP contribution in [0.1, 0.15) is 22.3 Å². The summed E-state index contributed by atoms with van der Waals surface area (Å²) in [5, 5.41) is 6.08. The number of benzene rings is 1. The summed E-state index contributed by atoms with van der Waals surface area (Å²) in [5.41, 5.74) is 1.34. The number of rotatable bonds is 5. The Kier molecular flexibility index (Phi) is 7.87. The quantitative estimate of drug-likeness (QED) is 0.785. The van der Waals surface area contributed by atoms with Gasteiger partial charge >= 0.3 is 5.97 Å². The maximum absolute atomic E-state index is 11.9. The van der Waals surface area contributed by atoms with E-state index in [4.69, 9.17) is 4.74 Å². The molecular weight excluding hydrogens is 308 g/mol. The first kappa shape index (κ1) is 18.4. The highest BCUT2D eigenvalue weighted by Gasteiger charge is 2.16. The van der Waals surface area contributed by atoms with Crippen molar-refractivity contribution in [1.29, 1.82) is 0 Å². The summed E-state index contributed by atoms with van der Waals surface area (Å²) in [5.74, 6) is -0.423. The van der Waals surface area contributed by atoms with E-state index in [1.807, 2.05) is 6.07 Å². The molecule has 0 radical (unpaired) electrons. The molecule has 0 bridgehead atoms. The number of esters is 1. The minimum absolute atomic E-state index is 0. The average molecular weight is 329 g/mol. The lowest BCUT2D eigenvalue weighted by Crippen LogP contribution is -2.44. The second-order valence-electron chi connectivity index (χ2n) is 4.90. The SMILES string of the molecule is COC(=O)c1cccc(CNC(=O)CC2COCCN2)c1.Cl. The van der Waals surface area contributed by atoms with Crippen LogP contribution in [0.2, 0.25) is 0 Å². The van der Waals surface area contributed by atoms with Crippen molar-refractivity contribution >= 4 is 24.3 Å². The van der Waals surface area contributed by atoms with E-state index in [1.165, 1.54) is 7.11 Å². The first-order valence-corrected chi connectivity index (χ1v) is 6.94. The van der Waals surface area contributed by atoms with Crippen LogP contribution in [0.5, 0.6) is 0 Å². The molecule has 2 rings (SSSR count). The third-order valence-electron chi connectivity index (χ3n) is 3.27. The Hall–Kier alpha value is -1.63. The van der Waals surface area contributed by atoms with Crippen LogP contribution in [-0.2, 0) is 20.8 Å². The fourth-order valence-electron chi connectivity index (χ4n) is 2.17. The molecule has 1 aliphatic heterocycles. The van der Waals surface area contributed by atoms with E-state index in [0.29, 0.717) is 31.7 Å². The van der Waals surface area contributed by atoms with Gasteiger partial charge in [0.25, 0.3) is 0 Å². The predicted molar refractivity (Wildman–Crippen MR) is 84.1 cm³/mol. The lowest BCUT2D eigenvalue weighted by molar-refractivity contribution is -0.122. The molecule has 1 heterocycles. The van der Waals surface area contributed by atoms with Gasteiger partial charge in [-0.2, -0.15) is 0 Å². The van der Waals surface area contributed by atoms with Crippen molar-refractivity contribution in [3.05, 3.63) is 35.4 Å². The Balaban J connectivity index is 0.00000242. The van der Waals surface area contributed by atoms with Crippen LogP contribution in [0.3, 0.4) is 0 Å². The van der Waals surface area contributed by atoms with Crippen molar-refractivity contribution in [1.82, 2.24) is 10.6 Å². The van der Waals surface area contributed by atoms with Gasteiger partial charge in [-0.05, 0) is 17.7 Å². The first-order chi connectivity index (χ1) is 10.2. The molecule has 0 aliphatic carbocycles. The molecule has 1 aliphatic rings. The van der Waals surface area contributed by atoms with Crippen LogP contribution in [0.4, 0.5) is 0 Å². The van der Waals surface area contributed by atoms with Crippen LogP contribution in [0, 0.1) is 0 Å². The third-order valence-corrected chi connectivity index (χ3v) is 3.27. The van der Waals surface area contributed by atoms with Gasteiger partial charge in [-0.1, -0.05) is 12.1 Å². The summed E-state index contributed by atoms with van der Waals surface area (Å²) in [4.78, 5) is 23.3. The van der Waals surface area contributed by atoms with Crippen molar-refractivity contribution in [3.8, 4) is 0 Å². The molecule has 1 atom stereocenters. The Labute approximate surface area is 136 Å². The van der Waals surface area contributed by atoms with E-state index in [9.17, 15) is 9.59 Å². The maximum Gasteiger partial charge on any atom is 0.337 e. The van der Waals surface area contributed by atoms with Gasteiger partial charge in [-0.3, -0.25) is 4.79 Å². The van der Waals surface area contributed by atoms with Gasteiger partial charge in [0, 0.05) is 25.6 Å². The summed E-state index contributed by atoms with van der Waals surface area (Å²) in [6.45, 7) is 2.42. The number of carbonyl (C=O) groups excluding carboxylic acids is 2. The highest BCUT2D eigenvalue weighted by Crippen LogP contribution is 2.07. The molecule has 1 saturated heterocycles. The second kappa shape index (κ2) is 9.40. The van der Waals surface area contributed by atoms with Gasteiger partial charge in [-0.25, -0.2) is 4.79 Å². The standard InChI is InChI=1S/C15H20N2O4.ClH/c1-20-15(19)12-4-2-3-11(7-12)9-17-14(18)8-13-10-21-6-5-16-13;/h2-4,7,13,16H,5-6,8-10H2,1H3,(H,17,18);1H. The summed E-state index contributed by atoms with van der Waals surface area (Å²) >= 11 is 0. The van der Waals surface area contributed by atoms with E-state index in [2.05, 4.69) is 15.4 Å². The lowest BCUT2D eigenvalue weighted by Gasteiger charge is -2.23. The fourth-order valence-corrected chi connectivity index (χ4v) is 2.17. The number of nitrogens with one attached hydrogen (secondary N) is 2. The van der Waals surface area contributed by atoms with E-state index in [0.717, 1.165) is 12.1 Å². The molecule has 1 fully saturated rings. The summed E-state index contributed by atoms with van der Waals surface area (Å²) < 4.78 is 9.98. The zero-order valence-corrected chi connectivity index (χ0v) is 13.3. The first-order valence-electron chi connectivity index (χ1n) is 6.94. The molecule has 0 saturated carbocycles. The molecule has 0 spiro atoms. The number of methoxy groups -OCH3 is 1. The Morgan fingerprint density at radius 2 is 2.27 bits per heavy atom. The molecule has 7 heteroatoms. The average Bonchev–Trinajstić information content (AvgIpc) is 2.53. The number of halogens is 1. The number of carbonyl (C=O) groups is 2. The van der Waals surface area contributed by atoms with E-state index in [1.54, 1.807) is 18.2 Å². The van der Waals surface area contributed by atoms with E-state index < -0.39 is 0 Å². The molecule has 0 aromatic heterocycles. The minimum Gasteiger partial charge on any atom is -0.465 e. The zero-order valence-electron chi connectivity index (χ0n) is 12.5. The number of hydrogen-bond donors (Lipinski definition) is 2. The van der Waals surface area contributed by atoms with E-state index >= 15 is 0 Å². The molecular formula is C15H21ClN2O4. The van der Waals surface area contributed by atoms with E-state index in [-0.39, 0.29) is 30.3 Å². The summed E-state index contributed by atoms with van der Waals surface area (Å²) in [6, 6.07) is 7.09. The van der Waals surface area contributed by atoms with Gasteiger partial charge in [0.1, 0.15) is 0 Å². The summed E-state index contributed by atoms with van der Waals surface area (Å²) in [6.07, 6.45) is 0.386. The topological polar surface area (TPSA) is 76.7 Å². The summed E-state index contributed by atoms with van der Waals surface area (Å²) in [7, 11) is 1.34. The molecule has 1 amide bonds. The largest absolute Gasteiger partial charge is 0.465 e. The molecule has 6 nitrogen and oxygen atoms in total. The third kappa shape index (κ3) is 5.63. The molecule has 1 aromatic rings. The fraction of sp³-hybridized carbons (Fsp3) is 0.467. The Bertz CT molecular complexity index is 504. The lowest BCUT2D eigenvalue weighted by atomic mass is 10.1. The smallest absolute Gasteiger partial charge is 0.337 e. The molecule has 1 aromatic carbocycles. The van der Waals surface area contributed by atoms with Crippen molar-refractivity contribution in [2.45, 2.75) is 19.0 Å². The van der Waals surface area contributed by atoms with Gasteiger partial charge in [0.2, 0.25) is 5.91 Å². The molecule has 122 valence electrons. The molecule has 22 heavy (non-hydrogen) atoms. The zero-order chi connectivity index (χ0) is 15.1. The van der Waals surface area contributed by atoms with Gasteiger partial charge < -0.3 is 20.1 Å². The van der Waals surface area contributed by atoms with Crippen molar-refractivity contribution in [3.63, 3.8) is 0 Å². The maximum atomic E-state index is 11.9. The van der Waals surface area contributed by atoms with Crippen molar-refractivity contribution in [2.24, 2.45) is 0 Å². The minimum atomic E-state index is -0.383. The number of amides is 1. The van der Waals surface area contributed by atoms with Gasteiger partial charge in [0.15, 0.2) is 0 Å². The number of morpholine rings is 1. The number of hydrogen-bond acceptors (Lipinski definition) is 5. The second-order valence-corrected chi connectivity index (χ2v) is 4.90. The van der Waals surface area contributed by atoms with Crippen LogP contribution < -0.4 is 10.6 Å². The van der Waals surface area contributed by atoms with Gasteiger partial charge in [-0.15, -0.1) is 12.4 Å². The highest BCUT2D eigenvalue weighted by molar-refractivity contribution is 5.89. The normalized spacial score (nSPS) is 17.2. The Morgan fingerprint density at radius 3 is 2.95 bits per heavy atom. The Morgan fingerprint density at radius 1 is 1.45 bits per heavy atom. The molecule has 2 N–H and O–H groups in total. The van der Waals surface area contributed by atoms with Crippen molar-refractivity contribution in [2.75, 3.05) is 26.9 Å².